The van der Waals surface area contributed by atoms with Gasteiger partial charge in [-0.1, -0.05) is 13.8 Å². The largest absolute Gasteiger partial charge is 0.465 e. The molecule has 0 heterocycles. The molecule has 1 rings (SSSR count). The molecule has 0 aromatic carbocycles. The molecule has 78 valence electrons. The molecule has 1 saturated carbocycles. The van der Waals surface area contributed by atoms with Gasteiger partial charge in [0.15, 0.2) is 0 Å². The first-order valence-electron chi connectivity index (χ1n) is 5.10. The van der Waals surface area contributed by atoms with Gasteiger partial charge in [0.1, 0.15) is 5.92 Å². The van der Waals surface area contributed by atoms with Crippen LogP contribution >= 0.6 is 0 Å². The number of carbonyl (C=O) groups is 1. The Hall–Kier alpha value is -1.04. The van der Waals surface area contributed by atoms with Crippen molar-refractivity contribution in [3.8, 4) is 6.07 Å². The van der Waals surface area contributed by atoms with Crippen molar-refractivity contribution in [2.75, 3.05) is 6.61 Å². The van der Waals surface area contributed by atoms with Crippen LogP contribution in [0.1, 0.15) is 33.6 Å². The number of rotatable bonds is 4. The minimum Gasteiger partial charge on any atom is -0.465 e. The van der Waals surface area contributed by atoms with E-state index in [1.54, 1.807) is 6.92 Å². The fraction of sp³-hybridized carbons (Fsp3) is 0.818. The lowest BCUT2D eigenvalue weighted by atomic mass is 9.75. The van der Waals surface area contributed by atoms with Gasteiger partial charge in [0.05, 0.1) is 12.7 Å². The number of carbonyl (C=O) groups excluding carboxylic acids is 1. The molecule has 0 spiro atoms. The van der Waals surface area contributed by atoms with Crippen LogP contribution in [-0.4, -0.2) is 12.6 Å². The summed E-state index contributed by atoms with van der Waals surface area (Å²) < 4.78 is 4.90. The van der Waals surface area contributed by atoms with E-state index in [1.807, 2.05) is 13.8 Å². The van der Waals surface area contributed by atoms with Crippen molar-refractivity contribution in [2.45, 2.75) is 33.6 Å². The lowest BCUT2D eigenvalue weighted by Crippen LogP contribution is -2.33. The molecule has 0 N–H and O–H groups in total. The van der Waals surface area contributed by atoms with Gasteiger partial charge >= 0.3 is 5.97 Å². The van der Waals surface area contributed by atoms with E-state index in [2.05, 4.69) is 6.07 Å². The second-order valence-corrected chi connectivity index (χ2v) is 4.41. The summed E-state index contributed by atoms with van der Waals surface area (Å²) in [5, 5.41) is 8.98. The molecule has 1 aliphatic carbocycles. The van der Waals surface area contributed by atoms with Gasteiger partial charge in [-0.25, -0.2) is 0 Å². The lowest BCUT2D eigenvalue weighted by molar-refractivity contribution is -0.149. The molecule has 0 aromatic heterocycles. The Bertz CT molecular complexity index is 261. The fourth-order valence-corrected chi connectivity index (χ4v) is 1.81. The zero-order valence-corrected chi connectivity index (χ0v) is 9.04. The molecule has 0 aromatic rings. The first-order valence-corrected chi connectivity index (χ1v) is 5.10. The molecule has 3 nitrogen and oxygen atoms in total. The quantitative estimate of drug-likeness (QED) is 0.646. The molecule has 14 heavy (non-hydrogen) atoms. The van der Waals surface area contributed by atoms with Gasteiger partial charge in [0, 0.05) is 0 Å². The summed E-state index contributed by atoms with van der Waals surface area (Å²) in [4.78, 5) is 11.5. The van der Waals surface area contributed by atoms with Gasteiger partial charge in [0.2, 0.25) is 0 Å². The minimum atomic E-state index is -0.616. The van der Waals surface area contributed by atoms with Crippen LogP contribution in [0.25, 0.3) is 0 Å². The highest BCUT2D eigenvalue weighted by atomic mass is 16.5. The monoisotopic (exact) mass is 195 g/mol. The molecule has 1 fully saturated rings. The lowest BCUT2D eigenvalue weighted by Gasteiger charge is -2.27. The summed E-state index contributed by atoms with van der Waals surface area (Å²) in [6, 6.07) is 2.07. The summed E-state index contributed by atoms with van der Waals surface area (Å²) in [5.74, 6) is -0.474. The van der Waals surface area contributed by atoms with E-state index in [0.29, 0.717) is 12.5 Å². The van der Waals surface area contributed by atoms with Gasteiger partial charge in [-0.2, -0.15) is 5.26 Å². The molecule has 0 aliphatic heterocycles. The Morgan fingerprint density at radius 1 is 1.64 bits per heavy atom. The van der Waals surface area contributed by atoms with Crippen LogP contribution in [0.4, 0.5) is 0 Å². The Balaban J connectivity index is 2.70. The molecule has 0 bridgehead atoms. The Morgan fingerprint density at radius 3 is 2.57 bits per heavy atom. The zero-order chi connectivity index (χ0) is 10.8. The maximum absolute atomic E-state index is 11.5. The smallest absolute Gasteiger partial charge is 0.323 e. The van der Waals surface area contributed by atoms with Gasteiger partial charge in [-0.05, 0) is 31.1 Å². The van der Waals surface area contributed by atoms with Gasteiger partial charge in [-0.15, -0.1) is 0 Å². The van der Waals surface area contributed by atoms with Crippen molar-refractivity contribution in [1.29, 1.82) is 5.26 Å². The second-order valence-electron chi connectivity index (χ2n) is 4.41. The van der Waals surface area contributed by atoms with E-state index in [9.17, 15) is 4.79 Å². The van der Waals surface area contributed by atoms with E-state index < -0.39 is 5.92 Å². The van der Waals surface area contributed by atoms with Crippen molar-refractivity contribution >= 4 is 5.97 Å². The Morgan fingerprint density at radius 2 is 2.21 bits per heavy atom. The third-order valence-corrected chi connectivity index (χ3v) is 3.02. The number of nitrogens with zero attached hydrogens (tertiary/aromatic N) is 1. The highest BCUT2D eigenvalue weighted by Gasteiger charge is 2.47. The Labute approximate surface area is 85.1 Å². The number of hydrogen-bond acceptors (Lipinski definition) is 3. The molecule has 1 aliphatic rings. The molecule has 0 amide bonds. The van der Waals surface area contributed by atoms with Crippen molar-refractivity contribution in [1.82, 2.24) is 0 Å². The fourth-order valence-electron chi connectivity index (χ4n) is 1.81. The molecule has 3 heteroatoms. The highest BCUT2D eigenvalue weighted by Crippen LogP contribution is 2.49. The predicted octanol–water partition coefficient (Wildman–Crippen LogP) is 2.13. The Kier molecular flexibility index (Phi) is 3.15. The highest BCUT2D eigenvalue weighted by molar-refractivity contribution is 5.76. The van der Waals surface area contributed by atoms with Crippen molar-refractivity contribution in [2.24, 2.45) is 17.3 Å². The number of hydrogen-bond donors (Lipinski definition) is 0. The van der Waals surface area contributed by atoms with E-state index in [-0.39, 0.29) is 11.4 Å². The first-order chi connectivity index (χ1) is 6.54. The van der Waals surface area contributed by atoms with E-state index in [4.69, 9.17) is 10.00 Å². The van der Waals surface area contributed by atoms with Crippen molar-refractivity contribution in [3.63, 3.8) is 0 Å². The number of esters is 1. The van der Waals surface area contributed by atoms with E-state index >= 15 is 0 Å². The number of ether oxygens (including phenoxy) is 1. The van der Waals surface area contributed by atoms with Crippen molar-refractivity contribution in [3.05, 3.63) is 0 Å². The van der Waals surface area contributed by atoms with Gasteiger partial charge in [0.25, 0.3) is 0 Å². The first kappa shape index (κ1) is 11.0. The van der Waals surface area contributed by atoms with Crippen LogP contribution in [0.3, 0.4) is 0 Å². The average molecular weight is 195 g/mol. The third kappa shape index (κ3) is 2.06. The maximum atomic E-state index is 11.5. The zero-order valence-electron chi connectivity index (χ0n) is 9.04. The molecule has 0 radical (unpaired) electrons. The number of nitriles is 1. The van der Waals surface area contributed by atoms with Crippen molar-refractivity contribution < 1.29 is 9.53 Å². The van der Waals surface area contributed by atoms with E-state index in [0.717, 1.165) is 12.8 Å². The van der Waals surface area contributed by atoms with Gasteiger partial charge in [-0.3, -0.25) is 4.79 Å². The van der Waals surface area contributed by atoms with Crippen LogP contribution in [0.5, 0.6) is 0 Å². The second kappa shape index (κ2) is 4.00. The standard InChI is InChI=1S/C11H17NO2/c1-4-14-10(13)9(7-12)11(2,3)8-5-6-8/h8-9H,4-6H2,1-3H3. The van der Waals surface area contributed by atoms with Gasteiger partial charge < -0.3 is 4.74 Å². The maximum Gasteiger partial charge on any atom is 0.323 e. The normalized spacial score (nSPS) is 18.4. The topological polar surface area (TPSA) is 50.1 Å². The summed E-state index contributed by atoms with van der Waals surface area (Å²) in [5.41, 5.74) is -0.235. The predicted molar refractivity (Wildman–Crippen MR) is 52.2 cm³/mol. The minimum absolute atomic E-state index is 0.235. The van der Waals surface area contributed by atoms with Crippen LogP contribution in [0.2, 0.25) is 0 Å². The van der Waals surface area contributed by atoms with Crippen LogP contribution in [0, 0.1) is 28.6 Å². The van der Waals surface area contributed by atoms with Crippen LogP contribution in [0.15, 0.2) is 0 Å². The van der Waals surface area contributed by atoms with E-state index in [1.165, 1.54) is 0 Å². The summed E-state index contributed by atoms with van der Waals surface area (Å²) >= 11 is 0. The molecule has 0 saturated heterocycles. The molecule has 1 atom stereocenters. The summed E-state index contributed by atoms with van der Waals surface area (Å²) in [6.45, 7) is 6.07. The summed E-state index contributed by atoms with van der Waals surface area (Å²) in [7, 11) is 0. The van der Waals surface area contributed by atoms with Crippen LogP contribution in [-0.2, 0) is 9.53 Å². The SMILES string of the molecule is CCOC(=O)C(C#N)C(C)(C)C1CC1. The molecular weight excluding hydrogens is 178 g/mol. The molecular formula is C11H17NO2. The van der Waals surface area contributed by atoms with Crippen LogP contribution < -0.4 is 0 Å². The molecule has 1 unspecified atom stereocenters. The average Bonchev–Trinajstić information content (AvgIpc) is 2.86. The summed E-state index contributed by atoms with van der Waals surface area (Å²) in [6.07, 6.45) is 2.26. The third-order valence-electron chi connectivity index (χ3n) is 3.02.